The van der Waals surface area contributed by atoms with E-state index in [4.69, 9.17) is 0 Å². The fraction of sp³-hybridized carbons (Fsp3) is 0.333. The van der Waals surface area contributed by atoms with Gasteiger partial charge in [-0.25, -0.2) is 4.39 Å². The zero-order chi connectivity index (χ0) is 20.5. The molecule has 4 heterocycles. The number of halogens is 1. The second-order valence-corrected chi connectivity index (χ2v) is 8.12. The van der Waals surface area contributed by atoms with Crippen LogP contribution in [0.5, 0.6) is 0 Å². The van der Waals surface area contributed by atoms with Crippen molar-refractivity contribution in [2.75, 3.05) is 19.6 Å². The quantitative estimate of drug-likeness (QED) is 0.698. The maximum absolute atomic E-state index is 13.7. The molecule has 1 unspecified atom stereocenters. The van der Waals surface area contributed by atoms with Gasteiger partial charge in [-0.05, 0) is 61.7 Å². The molecule has 0 radical (unpaired) electrons. The maximum atomic E-state index is 13.7. The highest BCUT2D eigenvalue weighted by Gasteiger charge is 2.32. The highest BCUT2D eigenvalue weighted by molar-refractivity contribution is 6.07. The Morgan fingerprint density at radius 2 is 1.83 bits per heavy atom. The average Bonchev–Trinajstić information content (AvgIpc) is 3.11. The van der Waals surface area contributed by atoms with Gasteiger partial charge in [0.15, 0.2) is 0 Å². The second kappa shape index (κ2) is 8.03. The molecule has 30 heavy (non-hydrogen) atoms. The number of hydrogen-bond donors (Lipinski definition) is 2. The van der Waals surface area contributed by atoms with Crippen molar-refractivity contribution in [3.05, 3.63) is 65.9 Å². The molecule has 0 bridgehead atoms. The van der Waals surface area contributed by atoms with Crippen molar-refractivity contribution in [2.24, 2.45) is 5.92 Å². The zero-order valence-corrected chi connectivity index (χ0v) is 16.8. The lowest BCUT2D eigenvalue weighted by Gasteiger charge is -2.26. The molecule has 0 spiro atoms. The van der Waals surface area contributed by atoms with E-state index < -0.39 is 0 Å². The fourth-order valence-corrected chi connectivity index (χ4v) is 4.80. The van der Waals surface area contributed by atoms with Gasteiger partial charge in [0.1, 0.15) is 5.82 Å². The summed E-state index contributed by atoms with van der Waals surface area (Å²) in [5.74, 6) is 0.184. The van der Waals surface area contributed by atoms with Crippen LogP contribution in [0.2, 0.25) is 0 Å². The molecule has 3 aromatic rings. The van der Waals surface area contributed by atoms with Gasteiger partial charge in [0, 0.05) is 48.7 Å². The summed E-state index contributed by atoms with van der Waals surface area (Å²) in [6.45, 7) is 3.56. The van der Waals surface area contributed by atoms with Gasteiger partial charge in [0.25, 0.3) is 5.91 Å². The number of amides is 1. The average molecular weight is 404 g/mol. The maximum Gasteiger partial charge on any atom is 0.253 e. The Bertz CT molecular complexity index is 1050. The van der Waals surface area contributed by atoms with Crippen LogP contribution in [0.15, 0.2) is 48.8 Å². The summed E-state index contributed by atoms with van der Waals surface area (Å²) in [6.07, 6.45) is 6.70. The monoisotopic (exact) mass is 404 g/mol. The summed E-state index contributed by atoms with van der Waals surface area (Å²) in [7, 11) is 0. The summed E-state index contributed by atoms with van der Waals surface area (Å²) >= 11 is 0. The molecule has 1 amide bonds. The van der Waals surface area contributed by atoms with Crippen molar-refractivity contribution < 1.29 is 9.18 Å². The van der Waals surface area contributed by atoms with Gasteiger partial charge in [-0.1, -0.05) is 12.1 Å². The van der Waals surface area contributed by atoms with Crippen molar-refractivity contribution >= 4 is 5.91 Å². The predicted molar refractivity (Wildman–Crippen MR) is 115 cm³/mol. The Kier molecular flexibility index (Phi) is 5.09. The molecule has 154 valence electrons. The molecule has 2 N–H and O–H groups in total. The minimum atomic E-state index is -0.282. The molecule has 1 saturated heterocycles. The first-order valence-electron chi connectivity index (χ1n) is 10.6. The van der Waals surface area contributed by atoms with Gasteiger partial charge in [-0.2, -0.15) is 0 Å². The number of carbonyl (C=O) groups is 1. The number of pyridine rings is 1. The van der Waals surface area contributed by atoms with E-state index in [-0.39, 0.29) is 11.7 Å². The van der Waals surface area contributed by atoms with Gasteiger partial charge in [-0.3, -0.25) is 9.78 Å². The highest BCUT2D eigenvalue weighted by atomic mass is 19.1. The number of nitrogens with one attached hydrogen (secondary N) is 2. The van der Waals surface area contributed by atoms with E-state index in [0.29, 0.717) is 12.5 Å². The van der Waals surface area contributed by atoms with E-state index >= 15 is 0 Å². The summed E-state index contributed by atoms with van der Waals surface area (Å²) in [5, 5.41) is 6.51. The van der Waals surface area contributed by atoms with E-state index in [0.717, 1.165) is 59.7 Å². The van der Waals surface area contributed by atoms with E-state index in [1.165, 1.54) is 25.0 Å². The Balaban J connectivity index is 1.75. The van der Waals surface area contributed by atoms with Crippen LogP contribution in [-0.2, 0) is 13.0 Å². The molecule has 6 heteroatoms. The molecular formula is C24H25FN4O. The van der Waals surface area contributed by atoms with Crippen molar-refractivity contribution in [3.63, 3.8) is 0 Å². The third kappa shape index (κ3) is 3.41. The molecule has 5 nitrogen and oxygen atoms in total. The second-order valence-electron chi connectivity index (χ2n) is 8.12. The van der Waals surface area contributed by atoms with Crippen LogP contribution in [0.25, 0.3) is 22.4 Å². The molecule has 0 aliphatic carbocycles. The molecule has 2 aromatic heterocycles. The molecule has 1 aromatic carbocycles. The Labute approximate surface area is 175 Å². The standard InChI is InChI=1S/C24H25FN4O/c25-19-5-3-17(4-6-19)21-22-20(9-13-28-24(22)30)29(15-16-2-1-10-27-14-16)23(21)18-7-11-26-12-8-18/h3-8,11-12,16,27H,1-2,9-10,13-15H2,(H,28,30). The van der Waals surface area contributed by atoms with E-state index in [9.17, 15) is 9.18 Å². The van der Waals surface area contributed by atoms with Gasteiger partial charge in [0.05, 0.1) is 11.3 Å². The number of nitrogens with zero attached hydrogens (tertiary/aromatic N) is 2. The molecule has 1 fully saturated rings. The number of rotatable bonds is 4. The smallest absolute Gasteiger partial charge is 0.253 e. The van der Waals surface area contributed by atoms with Crippen molar-refractivity contribution in [3.8, 4) is 22.4 Å². The van der Waals surface area contributed by atoms with Crippen LogP contribution in [0.1, 0.15) is 28.9 Å². The highest BCUT2D eigenvalue weighted by Crippen LogP contribution is 2.41. The number of aromatic nitrogens is 2. The van der Waals surface area contributed by atoms with Crippen LogP contribution < -0.4 is 10.6 Å². The van der Waals surface area contributed by atoms with Crippen LogP contribution in [0, 0.1) is 11.7 Å². The van der Waals surface area contributed by atoms with Gasteiger partial charge in [0.2, 0.25) is 0 Å². The van der Waals surface area contributed by atoms with E-state index in [2.05, 4.69) is 20.2 Å². The van der Waals surface area contributed by atoms with Crippen LogP contribution >= 0.6 is 0 Å². The predicted octanol–water partition coefficient (Wildman–Crippen LogP) is 3.64. The topological polar surface area (TPSA) is 59.0 Å². The Hall–Kier alpha value is -2.99. The lowest BCUT2D eigenvalue weighted by atomic mass is 9.95. The normalized spacial score (nSPS) is 18.7. The minimum absolute atomic E-state index is 0.0496. The first-order chi connectivity index (χ1) is 14.7. The summed E-state index contributed by atoms with van der Waals surface area (Å²) in [6, 6.07) is 10.4. The lowest BCUT2D eigenvalue weighted by molar-refractivity contribution is 0.0945. The fourth-order valence-electron chi connectivity index (χ4n) is 4.80. The minimum Gasteiger partial charge on any atom is -0.352 e. The van der Waals surface area contributed by atoms with Crippen molar-refractivity contribution in [1.29, 1.82) is 0 Å². The SMILES string of the molecule is O=C1NCCc2c1c(-c1ccc(F)cc1)c(-c1ccncc1)n2CC1CCCNC1. The van der Waals surface area contributed by atoms with Crippen molar-refractivity contribution in [2.45, 2.75) is 25.8 Å². The molecule has 2 aliphatic rings. The number of fused-ring (bicyclic) bond motifs is 1. The molecule has 1 atom stereocenters. The van der Waals surface area contributed by atoms with Crippen LogP contribution in [0.3, 0.4) is 0 Å². The summed E-state index contributed by atoms with van der Waals surface area (Å²) < 4.78 is 16.0. The van der Waals surface area contributed by atoms with Gasteiger partial charge in [-0.15, -0.1) is 0 Å². The number of hydrogen-bond acceptors (Lipinski definition) is 3. The zero-order valence-electron chi connectivity index (χ0n) is 16.8. The van der Waals surface area contributed by atoms with E-state index in [1.54, 1.807) is 24.5 Å². The lowest BCUT2D eigenvalue weighted by Crippen LogP contribution is -2.35. The Morgan fingerprint density at radius 3 is 2.57 bits per heavy atom. The number of carbonyl (C=O) groups excluding carboxylic acids is 1. The molecule has 2 aliphatic heterocycles. The van der Waals surface area contributed by atoms with Gasteiger partial charge >= 0.3 is 0 Å². The Morgan fingerprint density at radius 1 is 1.03 bits per heavy atom. The van der Waals surface area contributed by atoms with Crippen LogP contribution in [0.4, 0.5) is 4.39 Å². The largest absolute Gasteiger partial charge is 0.352 e. The summed E-state index contributed by atoms with van der Waals surface area (Å²) in [4.78, 5) is 17.2. The number of benzene rings is 1. The molecule has 0 saturated carbocycles. The summed E-state index contributed by atoms with van der Waals surface area (Å²) in [5.41, 5.74) is 5.60. The first-order valence-corrected chi connectivity index (χ1v) is 10.6. The van der Waals surface area contributed by atoms with Crippen LogP contribution in [-0.4, -0.2) is 35.1 Å². The van der Waals surface area contributed by atoms with Gasteiger partial charge < -0.3 is 15.2 Å². The third-order valence-corrected chi connectivity index (χ3v) is 6.17. The number of piperidine rings is 1. The molecule has 5 rings (SSSR count). The third-order valence-electron chi connectivity index (χ3n) is 6.17. The first kappa shape index (κ1) is 19.0. The van der Waals surface area contributed by atoms with Crippen molar-refractivity contribution in [1.82, 2.24) is 20.2 Å². The molecular weight excluding hydrogens is 379 g/mol. The van der Waals surface area contributed by atoms with E-state index in [1.807, 2.05) is 12.1 Å².